The molecule has 0 unspecified atom stereocenters. The lowest BCUT2D eigenvalue weighted by atomic mass is 9.99. The first-order chi connectivity index (χ1) is 15.6. The number of piperidine rings is 1. The van der Waals surface area contributed by atoms with E-state index < -0.39 is 5.97 Å². The summed E-state index contributed by atoms with van der Waals surface area (Å²) in [6.07, 6.45) is 2.05. The molecule has 9 heteroatoms. The number of methoxy groups -OCH3 is 1. The summed E-state index contributed by atoms with van der Waals surface area (Å²) in [5.41, 5.74) is 2.29. The fourth-order valence-corrected chi connectivity index (χ4v) is 4.70. The highest BCUT2D eigenvalue weighted by molar-refractivity contribution is 8.93. The van der Waals surface area contributed by atoms with Crippen LogP contribution in [0.5, 0.6) is 5.75 Å². The SMILES string of the molecule is Br.COC(=O)COc1ccc(NC(=O)c2sc(C3CCNCC3)nc2-c2ccccc2)cc1. The summed E-state index contributed by atoms with van der Waals surface area (Å²) in [5.74, 6) is 0.246. The van der Waals surface area contributed by atoms with Crippen molar-refractivity contribution < 1.29 is 19.1 Å². The minimum Gasteiger partial charge on any atom is -0.482 e. The smallest absolute Gasteiger partial charge is 0.343 e. The number of rotatable bonds is 7. The maximum Gasteiger partial charge on any atom is 0.343 e. The van der Waals surface area contributed by atoms with Crippen molar-refractivity contribution in [3.05, 3.63) is 64.5 Å². The second-order valence-corrected chi connectivity index (χ2v) is 8.49. The molecule has 0 radical (unpaired) electrons. The van der Waals surface area contributed by atoms with E-state index in [2.05, 4.69) is 15.4 Å². The van der Waals surface area contributed by atoms with Crippen LogP contribution in [0.1, 0.15) is 33.4 Å². The number of amides is 1. The Bertz CT molecular complexity index is 1070. The van der Waals surface area contributed by atoms with Crippen molar-refractivity contribution in [1.29, 1.82) is 0 Å². The molecule has 1 aromatic heterocycles. The van der Waals surface area contributed by atoms with Crippen LogP contribution in [-0.2, 0) is 9.53 Å². The lowest BCUT2D eigenvalue weighted by molar-refractivity contribution is -0.142. The molecule has 0 saturated carbocycles. The molecule has 2 N–H and O–H groups in total. The molecule has 1 aliphatic rings. The predicted molar refractivity (Wildman–Crippen MR) is 135 cm³/mol. The van der Waals surface area contributed by atoms with Crippen molar-refractivity contribution in [3.63, 3.8) is 0 Å². The molecule has 1 fully saturated rings. The van der Waals surface area contributed by atoms with Gasteiger partial charge in [0.1, 0.15) is 10.6 Å². The maximum absolute atomic E-state index is 13.2. The van der Waals surface area contributed by atoms with E-state index in [-0.39, 0.29) is 29.5 Å². The third-order valence-electron chi connectivity index (χ3n) is 5.28. The first-order valence-corrected chi connectivity index (χ1v) is 11.3. The fraction of sp³-hybridized carbons (Fsp3) is 0.292. The highest BCUT2D eigenvalue weighted by Crippen LogP contribution is 2.35. The van der Waals surface area contributed by atoms with E-state index in [1.807, 2.05) is 30.3 Å². The van der Waals surface area contributed by atoms with Gasteiger partial charge < -0.3 is 20.1 Å². The number of nitrogens with zero attached hydrogens (tertiary/aromatic N) is 1. The molecular formula is C24H26BrN3O4S. The number of halogens is 1. The topological polar surface area (TPSA) is 89.5 Å². The first kappa shape index (κ1) is 24.9. The molecule has 1 aliphatic heterocycles. The molecule has 0 bridgehead atoms. The van der Waals surface area contributed by atoms with Gasteiger partial charge in [-0.2, -0.15) is 0 Å². The molecular weight excluding hydrogens is 506 g/mol. The summed E-state index contributed by atoms with van der Waals surface area (Å²) in [5, 5.41) is 7.35. The van der Waals surface area contributed by atoms with Crippen molar-refractivity contribution in [2.45, 2.75) is 18.8 Å². The van der Waals surface area contributed by atoms with Crippen molar-refractivity contribution in [3.8, 4) is 17.0 Å². The third-order valence-corrected chi connectivity index (χ3v) is 6.50. The number of carbonyl (C=O) groups is 2. The second kappa shape index (κ2) is 11.9. The van der Waals surface area contributed by atoms with Crippen molar-refractivity contribution in [1.82, 2.24) is 10.3 Å². The van der Waals surface area contributed by atoms with E-state index in [1.165, 1.54) is 18.4 Å². The highest BCUT2D eigenvalue weighted by atomic mass is 79.9. The Hall–Kier alpha value is -2.75. The molecule has 2 heterocycles. The third kappa shape index (κ3) is 6.40. The van der Waals surface area contributed by atoms with E-state index >= 15 is 0 Å². The van der Waals surface area contributed by atoms with Crippen LogP contribution in [0.25, 0.3) is 11.3 Å². The molecule has 7 nitrogen and oxygen atoms in total. The van der Waals surface area contributed by atoms with Crippen LogP contribution in [0.15, 0.2) is 54.6 Å². The van der Waals surface area contributed by atoms with Crippen LogP contribution in [0, 0.1) is 0 Å². The second-order valence-electron chi connectivity index (χ2n) is 7.46. The standard InChI is InChI=1S/C24H25N3O4S.BrH/c1-30-20(28)15-31-19-9-7-18(8-10-19)26-23(29)22-21(16-5-3-2-4-6-16)27-24(32-22)17-11-13-25-14-12-17;/h2-10,17,25H,11-15H2,1H3,(H,26,29);1H. The van der Waals surface area contributed by atoms with E-state index in [9.17, 15) is 9.59 Å². The number of anilines is 1. The van der Waals surface area contributed by atoms with Crippen LogP contribution >= 0.6 is 28.3 Å². The lowest BCUT2D eigenvalue weighted by Gasteiger charge is -2.20. The quantitative estimate of drug-likeness (QED) is 0.431. The van der Waals surface area contributed by atoms with Crippen molar-refractivity contribution in [2.75, 3.05) is 32.1 Å². The Balaban J connectivity index is 0.00000306. The maximum atomic E-state index is 13.2. The molecule has 1 saturated heterocycles. The number of hydrogen-bond acceptors (Lipinski definition) is 7. The number of esters is 1. The van der Waals surface area contributed by atoms with Crippen LogP contribution in [0.2, 0.25) is 0 Å². The Labute approximate surface area is 207 Å². The molecule has 0 spiro atoms. The zero-order valence-corrected chi connectivity index (χ0v) is 20.7. The molecule has 33 heavy (non-hydrogen) atoms. The van der Waals surface area contributed by atoms with E-state index in [0.29, 0.717) is 22.2 Å². The number of ether oxygens (including phenoxy) is 2. The normalized spacial score (nSPS) is 13.6. The molecule has 2 aromatic carbocycles. The van der Waals surface area contributed by atoms with Gasteiger partial charge in [0.25, 0.3) is 5.91 Å². The van der Waals surface area contributed by atoms with E-state index in [4.69, 9.17) is 9.72 Å². The van der Waals surface area contributed by atoms with Gasteiger partial charge in [-0.3, -0.25) is 4.79 Å². The monoisotopic (exact) mass is 531 g/mol. The molecule has 4 rings (SSSR count). The zero-order valence-electron chi connectivity index (χ0n) is 18.2. The van der Waals surface area contributed by atoms with Gasteiger partial charge in [-0.05, 0) is 50.2 Å². The van der Waals surface area contributed by atoms with Gasteiger partial charge in [0.15, 0.2) is 6.61 Å². The van der Waals surface area contributed by atoms with Gasteiger partial charge in [0, 0.05) is 17.2 Å². The largest absolute Gasteiger partial charge is 0.482 e. The minimum absolute atomic E-state index is 0. The summed E-state index contributed by atoms with van der Waals surface area (Å²) in [4.78, 5) is 29.9. The summed E-state index contributed by atoms with van der Waals surface area (Å²) in [6, 6.07) is 16.7. The summed E-state index contributed by atoms with van der Waals surface area (Å²) in [6.45, 7) is 1.77. The van der Waals surface area contributed by atoms with Gasteiger partial charge in [0.05, 0.1) is 17.8 Å². The Morgan fingerprint density at radius 2 is 1.79 bits per heavy atom. The van der Waals surface area contributed by atoms with Crippen LogP contribution in [0.4, 0.5) is 5.69 Å². The van der Waals surface area contributed by atoms with Crippen LogP contribution < -0.4 is 15.4 Å². The molecule has 0 atom stereocenters. The number of benzene rings is 2. The van der Waals surface area contributed by atoms with Crippen molar-refractivity contribution >= 4 is 45.9 Å². The van der Waals surface area contributed by atoms with E-state index in [0.717, 1.165) is 42.2 Å². The van der Waals surface area contributed by atoms with Gasteiger partial charge in [-0.1, -0.05) is 30.3 Å². The first-order valence-electron chi connectivity index (χ1n) is 10.5. The van der Waals surface area contributed by atoms with Crippen LogP contribution in [0.3, 0.4) is 0 Å². The Morgan fingerprint density at radius 3 is 2.45 bits per heavy atom. The predicted octanol–water partition coefficient (Wildman–Crippen LogP) is 4.66. The molecule has 1 amide bonds. The van der Waals surface area contributed by atoms with E-state index in [1.54, 1.807) is 24.3 Å². The molecule has 174 valence electrons. The summed E-state index contributed by atoms with van der Waals surface area (Å²) < 4.78 is 9.91. The molecule has 3 aromatic rings. The number of nitrogens with one attached hydrogen (secondary N) is 2. The number of hydrogen-bond donors (Lipinski definition) is 2. The highest BCUT2D eigenvalue weighted by Gasteiger charge is 2.25. The lowest BCUT2D eigenvalue weighted by Crippen LogP contribution is -2.26. The van der Waals surface area contributed by atoms with Gasteiger partial charge in [-0.25, -0.2) is 9.78 Å². The zero-order chi connectivity index (χ0) is 22.3. The molecule has 0 aliphatic carbocycles. The number of carbonyl (C=O) groups excluding carboxylic acids is 2. The number of thiazole rings is 1. The van der Waals surface area contributed by atoms with Crippen molar-refractivity contribution in [2.24, 2.45) is 0 Å². The van der Waals surface area contributed by atoms with Gasteiger partial charge in [0.2, 0.25) is 0 Å². The van der Waals surface area contributed by atoms with Crippen LogP contribution in [-0.4, -0.2) is 43.7 Å². The summed E-state index contributed by atoms with van der Waals surface area (Å²) in [7, 11) is 1.31. The summed E-state index contributed by atoms with van der Waals surface area (Å²) >= 11 is 1.48. The average molecular weight is 532 g/mol. The Morgan fingerprint density at radius 1 is 1.09 bits per heavy atom. The minimum atomic E-state index is -0.453. The number of aromatic nitrogens is 1. The average Bonchev–Trinajstić information content (AvgIpc) is 3.30. The Kier molecular flexibility index (Phi) is 8.99. The van der Waals surface area contributed by atoms with Gasteiger partial charge >= 0.3 is 5.97 Å². The fourth-order valence-electron chi connectivity index (χ4n) is 3.55. The van der Waals surface area contributed by atoms with Gasteiger partial charge in [-0.15, -0.1) is 28.3 Å².